The smallest absolute Gasteiger partial charge is 0.266 e. The topological polar surface area (TPSA) is 91.0 Å². The lowest BCUT2D eigenvalue weighted by atomic mass is 9.91. The number of pyridine rings is 1. The van der Waals surface area contributed by atoms with Crippen LogP contribution in [0.25, 0.3) is 20.5 Å². The molecule has 0 unspecified atom stereocenters. The molecular formula is C15H15N3O3S. The van der Waals surface area contributed by atoms with E-state index < -0.39 is 5.60 Å². The fourth-order valence-corrected chi connectivity index (χ4v) is 4.04. The molecule has 0 aromatic carbocycles. The molecule has 7 heteroatoms. The van der Waals surface area contributed by atoms with Crippen molar-refractivity contribution < 1.29 is 9.84 Å². The fraction of sp³-hybridized carbons (Fsp3) is 0.333. The molecule has 114 valence electrons. The molecule has 6 nitrogen and oxygen atoms in total. The predicted molar refractivity (Wildman–Crippen MR) is 84.1 cm³/mol. The summed E-state index contributed by atoms with van der Waals surface area (Å²) in [5, 5.41) is 17.4. The first-order chi connectivity index (χ1) is 10.6. The number of hydrogen-bond donors (Lipinski definition) is 3. The number of aliphatic hydroxyl groups excluding tert-OH is 1. The number of H-pyrrole nitrogens is 2. The van der Waals surface area contributed by atoms with Crippen molar-refractivity contribution in [2.24, 2.45) is 0 Å². The highest BCUT2D eigenvalue weighted by Gasteiger charge is 2.35. The minimum absolute atomic E-state index is 0.140. The molecule has 4 rings (SSSR count). The number of thiophene rings is 1. The molecule has 1 aliphatic rings. The van der Waals surface area contributed by atoms with E-state index in [9.17, 15) is 9.90 Å². The number of fused-ring (bicyclic) bond motifs is 3. The molecular weight excluding hydrogens is 302 g/mol. The normalized spacial score (nSPS) is 21.2. The minimum Gasteiger partial charge on any atom is -0.393 e. The van der Waals surface area contributed by atoms with Gasteiger partial charge in [0.05, 0.1) is 25.1 Å². The van der Waals surface area contributed by atoms with Gasteiger partial charge >= 0.3 is 0 Å². The van der Waals surface area contributed by atoms with E-state index in [-0.39, 0.29) is 12.2 Å². The maximum absolute atomic E-state index is 12.4. The van der Waals surface area contributed by atoms with Crippen molar-refractivity contribution in [1.82, 2.24) is 15.2 Å². The molecule has 1 atom stereocenters. The summed E-state index contributed by atoms with van der Waals surface area (Å²) in [5.41, 5.74) is 1.72. The first-order valence-electron chi connectivity index (χ1n) is 7.05. The number of hydrogen-bond acceptors (Lipinski definition) is 5. The highest BCUT2D eigenvalue weighted by atomic mass is 32.1. The molecule has 0 bridgehead atoms. The van der Waals surface area contributed by atoms with Crippen molar-refractivity contribution in [3.63, 3.8) is 0 Å². The molecule has 0 saturated heterocycles. The molecule has 3 N–H and O–H groups in total. The quantitative estimate of drug-likeness (QED) is 0.671. The molecule has 3 aromatic heterocycles. The second-order valence-electron chi connectivity index (χ2n) is 5.64. The number of aromatic amines is 2. The summed E-state index contributed by atoms with van der Waals surface area (Å²) in [6.07, 6.45) is 4.28. The van der Waals surface area contributed by atoms with Crippen molar-refractivity contribution in [3.05, 3.63) is 40.1 Å². The van der Waals surface area contributed by atoms with Gasteiger partial charge in [0.25, 0.3) is 5.56 Å². The van der Waals surface area contributed by atoms with Crippen LogP contribution in [0.1, 0.15) is 18.2 Å². The fourth-order valence-electron chi connectivity index (χ4n) is 2.98. The van der Waals surface area contributed by atoms with Gasteiger partial charge in [0.1, 0.15) is 10.3 Å². The Morgan fingerprint density at radius 3 is 3.14 bits per heavy atom. The first-order valence-corrected chi connectivity index (χ1v) is 7.87. The van der Waals surface area contributed by atoms with Crippen LogP contribution >= 0.6 is 11.3 Å². The lowest BCUT2D eigenvalue weighted by molar-refractivity contribution is -0.0832. The summed E-state index contributed by atoms with van der Waals surface area (Å²) < 4.78 is 6.40. The van der Waals surface area contributed by atoms with Crippen LogP contribution in [0.3, 0.4) is 0 Å². The van der Waals surface area contributed by atoms with Gasteiger partial charge in [-0.1, -0.05) is 0 Å². The second kappa shape index (κ2) is 4.77. The number of aromatic nitrogens is 3. The summed E-state index contributed by atoms with van der Waals surface area (Å²) in [7, 11) is 0. The number of rotatable bonds is 2. The summed E-state index contributed by atoms with van der Waals surface area (Å²) >= 11 is 1.46. The summed E-state index contributed by atoms with van der Waals surface area (Å²) in [4.78, 5) is 16.3. The van der Waals surface area contributed by atoms with Gasteiger partial charge in [-0.3, -0.25) is 9.89 Å². The van der Waals surface area contributed by atoms with Crippen LogP contribution in [-0.2, 0) is 16.8 Å². The number of nitrogens with zero attached hydrogens (tertiary/aromatic N) is 1. The van der Waals surface area contributed by atoms with Crippen LogP contribution < -0.4 is 5.56 Å². The average Bonchev–Trinajstić information content (AvgIpc) is 3.17. The number of ether oxygens (including phenoxy) is 1. The third-order valence-corrected chi connectivity index (χ3v) is 5.37. The molecule has 1 aliphatic heterocycles. The average molecular weight is 317 g/mol. The van der Waals surface area contributed by atoms with Crippen molar-refractivity contribution >= 4 is 21.4 Å². The largest absolute Gasteiger partial charge is 0.393 e. The van der Waals surface area contributed by atoms with Crippen molar-refractivity contribution in [2.45, 2.75) is 18.9 Å². The Labute approximate surface area is 129 Å². The van der Waals surface area contributed by atoms with Crippen LogP contribution in [0.2, 0.25) is 0 Å². The maximum Gasteiger partial charge on any atom is 0.266 e. The van der Waals surface area contributed by atoms with Crippen LogP contribution in [0.5, 0.6) is 0 Å². The van der Waals surface area contributed by atoms with Crippen molar-refractivity contribution in [2.75, 3.05) is 13.2 Å². The Morgan fingerprint density at radius 1 is 1.55 bits per heavy atom. The SMILES string of the molecule is C[C@]1(CO)OCCc2c1[nH]c(=O)c1sc(-c3cn[nH]c3)cc21. The summed E-state index contributed by atoms with van der Waals surface area (Å²) in [5.74, 6) is 0. The number of nitrogens with one attached hydrogen (secondary N) is 2. The van der Waals surface area contributed by atoms with E-state index in [0.29, 0.717) is 17.0 Å². The standard InChI is InChI=1S/C15H15N3O3S/c1-15(7-19)13-9(2-3-21-15)10-4-11(8-5-16-17-6-8)22-12(10)14(20)18-13/h4-6,19H,2-3,7H2,1H3,(H,16,17)(H,18,20)/t15-/m1/s1. The van der Waals surface area contributed by atoms with Gasteiger partial charge in [-0.2, -0.15) is 5.10 Å². The van der Waals surface area contributed by atoms with E-state index in [2.05, 4.69) is 15.2 Å². The molecule has 0 radical (unpaired) electrons. The van der Waals surface area contributed by atoms with E-state index in [1.165, 1.54) is 11.3 Å². The van der Waals surface area contributed by atoms with Gasteiger partial charge in [-0.15, -0.1) is 11.3 Å². The van der Waals surface area contributed by atoms with Crippen LogP contribution in [-0.4, -0.2) is 33.5 Å². The first kappa shape index (κ1) is 13.7. The molecule has 0 spiro atoms. The van der Waals surface area contributed by atoms with Gasteiger partial charge in [0, 0.05) is 22.0 Å². The Kier molecular flexibility index (Phi) is 2.97. The summed E-state index contributed by atoms with van der Waals surface area (Å²) in [6, 6.07) is 2.03. The monoisotopic (exact) mass is 317 g/mol. The van der Waals surface area contributed by atoms with E-state index in [4.69, 9.17) is 4.74 Å². The zero-order chi connectivity index (χ0) is 15.3. The molecule has 4 heterocycles. The molecule has 22 heavy (non-hydrogen) atoms. The zero-order valence-corrected chi connectivity index (χ0v) is 12.8. The van der Waals surface area contributed by atoms with Gasteiger partial charge in [-0.05, 0) is 25.0 Å². The Morgan fingerprint density at radius 2 is 2.41 bits per heavy atom. The lowest BCUT2D eigenvalue weighted by Gasteiger charge is -2.34. The van der Waals surface area contributed by atoms with E-state index >= 15 is 0 Å². The molecule has 0 saturated carbocycles. The third kappa shape index (κ3) is 1.86. The molecule has 3 aromatic rings. The Balaban J connectivity index is 2.01. The van der Waals surface area contributed by atoms with Gasteiger partial charge in [-0.25, -0.2) is 0 Å². The summed E-state index contributed by atoms with van der Waals surface area (Å²) in [6.45, 7) is 2.17. The van der Waals surface area contributed by atoms with Gasteiger partial charge in [0.2, 0.25) is 0 Å². The van der Waals surface area contributed by atoms with Crippen molar-refractivity contribution in [1.29, 1.82) is 0 Å². The van der Waals surface area contributed by atoms with Crippen LogP contribution in [0.15, 0.2) is 23.3 Å². The van der Waals surface area contributed by atoms with Crippen LogP contribution in [0, 0.1) is 0 Å². The number of aliphatic hydroxyl groups is 1. The predicted octanol–water partition coefficient (Wildman–Crippen LogP) is 1.76. The third-order valence-electron chi connectivity index (χ3n) is 4.19. The van der Waals surface area contributed by atoms with E-state index in [1.807, 2.05) is 12.3 Å². The van der Waals surface area contributed by atoms with Gasteiger partial charge in [0.15, 0.2) is 0 Å². The van der Waals surface area contributed by atoms with E-state index in [0.717, 1.165) is 27.8 Å². The lowest BCUT2D eigenvalue weighted by Crippen LogP contribution is -2.38. The minimum atomic E-state index is -0.849. The highest BCUT2D eigenvalue weighted by molar-refractivity contribution is 7.22. The van der Waals surface area contributed by atoms with Gasteiger partial charge < -0.3 is 14.8 Å². The Bertz CT molecular complexity index is 897. The molecule has 0 aliphatic carbocycles. The maximum atomic E-state index is 12.4. The molecule has 0 fully saturated rings. The van der Waals surface area contributed by atoms with Crippen molar-refractivity contribution in [3.8, 4) is 10.4 Å². The second-order valence-corrected chi connectivity index (χ2v) is 6.69. The Hall–Kier alpha value is -1.96. The van der Waals surface area contributed by atoms with E-state index in [1.54, 1.807) is 13.1 Å². The zero-order valence-electron chi connectivity index (χ0n) is 12.0. The molecule has 0 amide bonds. The van der Waals surface area contributed by atoms with Crippen LogP contribution in [0.4, 0.5) is 0 Å². The highest BCUT2D eigenvalue weighted by Crippen LogP contribution is 2.38.